The van der Waals surface area contributed by atoms with Crippen molar-refractivity contribution in [3.05, 3.63) is 59.9 Å². The van der Waals surface area contributed by atoms with Gasteiger partial charge in [-0.2, -0.15) is 0 Å². The summed E-state index contributed by atoms with van der Waals surface area (Å²) in [5, 5.41) is 11.5. The van der Waals surface area contributed by atoms with Crippen LogP contribution in [0, 0.1) is 13.8 Å². The average molecular weight is 377 g/mol. The van der Waals surface area contributed by atoms with Gasteiger partial charge in [0.2, 0.25) is 0 Å². The molecule has 2 aromatic heterocycles. The lowest BCUT2D eigenvalue weighted by molar-refractivity contribution is 0.208. The summed E-state index contributed by atoms with van der Waals surface area (Å²) in [6.45, 7) is 6.81. The quantitative estimate of drug-likeness (QED) is 0.753. The summed E-state index contributed by atoms with van der Waals surface area (Å²) in [7, 11) is 0. The van der Waals surface area contributed by atoms with E-state index in [0.717, 1.165) is 24.6 Å². The Bertz CT molecular complexity index is 945. The van der Waals surface area contributed by atoms with Gasteiger partial charge in [-0.15, -0.1) is 10.2 Å². The Balaban J connectivity index is 1.33. The molecule has 2 amide bonds. The van der Waals surface area contributed by atoms with Crippen molar-refractivity contribution < 1.29 is 9.21 Å². The smallest absolute Gasteiger partial charge is 0.321 e. The summed E-state index contributed by atoms with van der Waals surface area (Å²) in [5.41, 5.74) is 3.92. The Morgan fingerprint density at radius 2 is 1.82 bits per heavy atom. The number of rotatable bonds is 3. The number of urea groups is 1. The molecule has 4 rings (SSSR count). The summed E-state index contributed by atoms with van der Waals surface area (Å²) in [4.78, 5) is 16.5. The normalized spacial score (nSPS) is 14.2. The van der Waals surface area contributed by atoms with Gasteiger partial charge in [-0.1, -0.05) is 6.07 Å². The highest BCUT2D eigenvalue weighted by Crippen LogP contribution is 2.20. The van der Waals surface area contributed by atoms with Crippen molar-refractivity contribution in [2.24, 2.45) is 0 Å². The van der Waals surface area contributed by atoms with Crippen LogP contribution in [-0.4, -0.2) is 47.3 Å². The molecule has 3 heterocycles. The largest absolute Gasteiger partial charge is 0.463 e. The molecular formula is C21H23N5O2. The Kier molecular flexibility index (Phi) is 4.97. The number of carbonyl (C=O) groups is 1. The fourth-order valence-corrected chi connectivity index (χ4v) is 3.21. The number of aromatic nitrogens is 2. The minimum absolute atomic E-state index is 0.0674. The second-order valence-electron chi connectivity index (χ2n) is 6.96. The highest BCUT2D eigenvalue weighted by Gasteiger charge is 2.22. The van der Waals surface area contributed by atoms with Gasteiger partial charge >= 0.3 is 6.03 Å². The maximum atomic E-state index is 12.5. The molecule has 0 aliphatic carbocycles. The van der Waals surface area contributed by atoms with Crippen LogP contribution >= 0.6 is 0 Å². The Hall–Kier alpha value is -3.35. The van der Waals surface area contributed by atoms with E-state index in [1.165, 1.54) is 11.1 Å². The number of amides is 2. The number of benzene rings is 1. The van der Waals surface area contributed by atoms with Gasteiger partial charge in [0.25, 0.3) is 0 Å². The molecule has 0 radical (unpaired) electrons. The molecular weight excluding hydrogens is 354 g/mol. The third kappa shape index (κ3) is 3.83. The van der Waals surface area contributed by atoms with E-state index < -0.39 is 0 Å². The van der Waals surface area contributed by atoms with Gasteiger partial charge in [0, 0.05) is 31.9 Å². The van der Waals surface area contributed by atoms with E-state index in [1.807, 2.05) is 54.3 Å². The van der Waals surface area contributed by atoms with Crippen LogP contribution in [0.5, 0.6) is 0 Å². The molecule has 144 valence electrons. The van der Waals surface area contributed by atoms with Crippen molar-refractivity contribution in [2.45, 2.75) is 13.8 Å². The van der Waals surface area contributed by atoms with E-state index in [0.29, 0.717) is 24.5 Å². The molecule has 1 aliphatic rings. The molecule has 1 saturated heterocycles. The predicted molar refractivity (Wildman–Crippen MR) is 108 cm³/mol. The van der Waals surface area contributed by atoms with Gasteiger partial charge < -0.3 is 19.5 Å². The van der Waals surface area contributed by atoms with Crippen molar-refractivity contribution in [3.8, 4) is 11.5 Å². The Morgan fingerprint density at radius 3 is 2.46 bits per heavy atom. The van der Waals surface area contributed by atoms with Crippen LogP contribution in [0.15, 0.2) is 53.1 Å². The number of carbonyl (C=O) groups excluding carboxylic acids is 1. The number of furan rings is 1. The molecule has 1 N–H and O–H groups in total. The number of hydrogen-bond acceptors (Lipinski definition) is 5. The molecule has 7 nitrogen and oxygen atoms in total. The minimum Gasteiger partial charge on any atom is -0.463 e. The van der Waals surface area contributed by atoms with Crippen LogP contribution < -0.4 is 10.2 Å². The standard InChI is InChI=1S/C21H23N5O2/c1-15-5-6-17(14-16(15)2)22-21(27)26-11-9-25(10-12-26)20-8-7-18(23-24-20)19-4-3-13-28-19/h3-8,13-14H,9-12H2,1-2H3,(H,22,27). The molecule has 0 saturated carbocycles. The van der Waals surface area contributed by atoms with Gasteiger partial charge in [-0.3, -0.25) is 0 Å². The molecule has 7 heteroatoms. The summed E-state index contributed by atoms with van der Waals surface area (Å²) in [5.74, 6) is 1.51. The van der Waals surface area contributed by atoms with E-state index in [-0.39, 0.29) is 6.03 Å². The first-order valence-electron chi connectivity index (χ1n) is 9.36. The Labute approximate surface area is 164 Å². The lowest BCUT2D eigenvalue weighted by Crippen LogP contribution is -2.50. The first-order valence-corrected chi connectivity index (χ1v) is 9.36. The van der Waals surface area contributed by atoms with Crippen molar-refractivity contribution in [1.82, 2.24) is 15.1 Å². The fourth-order valence-electron chi connectivity index (χ4n) is 3.21. The molecule has 0 bridgehead atoms. The SMILES string of the molecule is Cc1ccc(NC(=O)N2CCN(c3ccc(-c4ccco4)nn3)CC2)cc1C. The fraction of sp³-hybridized carbons (Fsp3) is 0.286. The topological polar surface area (TPSA) is 74.5 Å². The first-order chi connectivity index (χ1) is 13.6. The number of nitrogens with zero attached hydrogens (tertiary/aromatic N) is 4. The van der Waals surface area contributed by atoms with Gasteiger partial charge in [-0.25, -0.2) is 4.79 Å². The zero-order chi connectivity index (χ0) is 19.5. The van der Waals surface area contributed by atoms with Crippen molar-refractivity contribution >= 4 is 17.5 Å². The van der Waals surface area contributed by atoms with Crippen molar-refractivity contribution in [1.29, 1.82) is 0 Å². The monoisotopic (exact) mass is 377 g/mol. The van der Waals surface area contributed by atoms with Gasteiger partial charge in [0.05, 0.1) is 6.26 Å². The molecule has 1 aliphatic heterocycles. The zero-order valence-corrected chi connectivity index (χ0v) is 16.1. The lowest BCUT2D eigenvalue weighted by atomic mass is 10.1. The van der Waals surface area contributed by atoms with E-state index >= 15 is 0 Å². The lowest BCUT2D eigenvalue weighted by Gasteiger charge is -2.35. The number of anilines is 2. The van der Waals surface area contributed by atoms with Crippen molar-refractivity contribution in [3.63, 3.8) is 0 Å². The van der Waals surface area contributed by atoms with Gasteiger partial charge in [0.1, 0.15) is 5.69 Å². The molecule has 1 aromatic carbocycles. The first kappa shape index (κ1) is 18.0. The van der Waals surface area contributed by atoms with Gasteiger partial charge in [0.15, 0.2) is 11.6 Å². The van der Waals surface area contributed by atoms with Crippen LogP contribution in [0.2, 0.25) is 0 Å². The third-order valence-electron chi connectivity index (χ3n) is 5.07. The molecule has 3 aromatic rings. The molecule has 0 unspecified atom stereocenters. The number of nitrogens with one attached hydrogen (secondary N) is 1. The van der Waals surface area contributed by atoms with Gasteiger partial charge in [-0.05, 0) is 61.4 Å². The Morgan fingerprint density at radius 1 is 1.00 bits per heavy atom. The van der Waals surface area contributed by atoms with Crippen molar-refractivity contribution in [2.75, 3.05) is 36.4 Å². The molecule has 0 atom stereocenters. The predicted octanol–water partition coefficient (Wildman–Crippen LogP) is 3.71. The second-order valence-corrected chi connectivity index (χ2v) is 6.96. The van der Waals surface area contributed by atoms with Crippen LogP contribution in [0.25, 0.3) is 11.5 Å². The van der Waals surface area contributed by atoms with Crippen LogP contribution in [0.3, 0.4) is 0 Å². The summed E-state index contributed by atoms with van der Waals surface area (Å²) < 4.78 is 5.34. The number of piperazine rings is 1. The highest BCUT2D eigenvalue weighted by molar-refractivity contribution is 5.89. The summed E-state index contributed by atoms with van der Waals surface area (Å²) >= 11 is 0. The van der Waals surface area contributed by atoms with Crippen LogP contribution in [0.1, 0.15) is 11.1 Å². The van der Waals surface area contributed by atoms with Crippen LogP contribution in [0.4, 0.5) is 16.3 Å². The zero-order valence-electron chi connectivity index (χ0n) is 16.1. The van der Waals surface area contributed by atoms with E-state index in [9.17, 15) is 4.79 Å². The maximum Gasteiger partial charge on any atom is 0.321 e. The van der Waals surface area contributed by atoms with Crippen LogP contribution in [-0.2, 0) is 0 Å². The number of hydrogen-bond donors (Lipinski definition) is 1. The van der Waals surface area contributed by atoms with E-state index in [2.05, 4.69) is 27.3 Å². The van der Waals surface area contributed by atoms with E-state index in [1.54, 1.807) is 6.26 Å². The van der Waals surface area contributed by atoms with E-state index in [4.69, 9.17) is 4.42 Å². The minimum atomic E-state index is -0.0674. The molecule has 28 heavy (non-hydrogen) atoms. The summed E-state index contributed by atoms with van der Waals surface area (Å²) in [6, 6.07) is 13.4. The molecule has 0 spiro atoms. The average Bonchev–Trinajstić information content (AvgIpc) is 3.26. The molecule has 1 fully saturated rings. The highest BCUT2D eigenvalue weighted by atomic mass is 16.3. The second kappa shape index (κ2) is 7.72. The maximum absolute atomic E-state index is 12.5. The summed E-state index contributed by atoms with van der Waals surface area (Å²) in [6.07, 6.45) is 1.62. The third-order valence-corrected chi connectivity index (χ3v) is 5.07. The number of aryl methyl sites for hydroxylation is 2.